The number of anilines is 1. The molecule has 0 aliphatic rings. The number of benzene rings is 4. The number of nitrogens with zero attached hydrogens (tertiary/aromatic N) is 2. The highest BCUT2D eigenvalue weighted by Crippen LogP contribution is 2.38. The van der Waals surface area contributed by atoms with Crippen molar-refractivity contribution < 1.29 is 26.7 Å². The van der Waals surface area contributed by atoms with Gasteiger partial charge in [0.05, 0.1) is 23.2 Å². The van der Waals surface area contributed by atoms with E-state index in [4.69, 9.17) is 16.3 Å². The number of para-hydroxylation sites is 1. The van der Waals surface area contributed by atoms with Crippen LogP contribution in [0, 0.1) is 11.6 Å². The normalized spacial score (nSPS) is 12.2. The van der Waals surface area contributed by atoms with Gasteiger partial charge in [0.2, 0.25) is 5.91 Å². The molecule has 0 aliphatic heterocycles. The molecule has 4 aromatic rings. The molecule has 0 aliphatic carbocycles. The molecule has 0 saturated carbocycles. The molecule has 0 N–H and O–H groups in total. The van der Waals surface area contributed by atoms with Crippen molar-refractivity contribution in [3.8, 4) is 5.75 Å². The first-order valence-electron chi connectivity index (χ1n) is 13.5. The van der Waals surface area contributed by atoms with Gasteiger partial charge in [0.1, 0.15) is 17.4 Å². The molecule has 0 aromatic heterocycles. The summed E-state index contributed by atoms with van der Waals surface area (Å²) < 4.78 is 64.0. The maximum Gasteiger partial charge on any atom is 0.264 e. The molecule has 0 saturated heterocycles. The van der Waals surface area contributed by atoms with Crippen LogP contribution in [0.2, 0.25) is 5.02 Å². The summed E-state index contributed by atoms with van der Waals surface area (Å²) in [6.07, 6.45) is 3.75. The van der Waals surface area contributed by atoms with Gasteiger partial charge in [-0.25, -0.2) is 17.2 Å². The van der Waals surface area contributed by atoms with Crippen LogP contribution in [0.3, 0.4) is 0 Å². The first-order chi connectivity index (χ1) is 20.6. The monoisotopic (exact) mass is 624 g/mol. The Balaban J connectivity index is 1.52. The third-order valence-corrected chi connectivity index (χ3v) is 8.88. The van der Waals surface area contributed by atoms with Gasteiger partial charge in [0.15, 0.2) is 0 Å². The fraction of sp³-hybridized carbons (Fsp3) is 0.182. The minimum absolute atomic E-state index is 0.139. The number of hydrogen-bond donors (Lipinski definition) is 0. The van der Waals surface area contributed by atoms with Crippen molar-refractivity contribution in [3.63, 3.8) is 0 Å². The van der Waals surface area contributed by atoms with E-state index in [0.717, 1.165) is 28.1 Å². The molecule has 0 heterocycles. The van der Waals surface area contributed by atoms with Crippen LogP contribution in [0.15, 0.2) is 108 Å². The van der Waals surface area contributed by atoms with E-state index in [1.165, 1.54) is 30.3 Å². The Hall–Kier alpha value is -4.21. The lowest BCUT2D eigenvalue weighted by atomic mass is 10.1. The number of carbonyl (C=O) groups is 1. The quantitative estimate of drug-likeness (QED) is 0.121. The van der Waals surface area contributed by atoms with Gasteiger partial charge in [-0.1, -0.05) is 60.1 Å². The van der Waals surface area contributed by atoms with Crippen LogP contribution in [0.5, 0.6) is 5.75 Å². The Bertz CT molecular complexity index is 1680. The first kappa shape index (κ1) is 31.7. The van der Waals surface area contributed by atoms with Crippen LogP contribution in [0.1, 0.15) is 30.5 Å². The molecule has 4 aromatic carbocycles. The number of hydrogen-bond acceptors (Lipinski definition) is 4. The molecular formula is C33H31ClF2N2O4S. The van der Waals surface area contributed by atoms with Crippen molar-refractivity contribution in [2.24, 2.45) is 0 Å². The Kier molecular flexibility index (Phi) is 10.6. The molecule has 10 heteroatoms. The topological polar surface area (TPSA) is 66.9 Å². The molecule has 6 nitrogen and oxygen atoms in total. The second-order valence-corrected chi connectivity index (χ2v) is 12.0. The highest BCUT2D eigenvalue weighted by atomic mass is 35.5. The minimum atomic E-state index is -4.38. The van der Waals surface area contributed by atoms with Crippen LogP contribution >= 0.6 is 11.6 Å². The molecule has 4 rings (SSSR count). The van der Waals surface area contributed by atoms with Crippen LogP contribution in [0.25, 0.3) is 6.08 Å². The molecule has 224 valence electrons. The van der Waals surface area contributed by atoms with Crippen LogP contribution in [-0.4, -0.2) is 39.4 Å². The highest BCUT2D eigenvalue weighted by Gasteiger charge is 2.34. The summed E-state index contributed by atoms with van der Waals surface area (Å²) in [5, 5.41) is 0.328. The lowest BCUT2D eigenvalue weighted by Crippen LogP contribution is -2.34. The molecule has 0 radical (unpaired) electrons. The van der Waals surface area contributed by atoms with Gasteiger partial charge in [-0.15, -0.1) is 0 Å². The molecule has 0 bridgehead atoms. The summed E-state index contributed by atoms with van der Waals surface area (Å²) in [4.78, 5) is 13.9. The number of likely N-dealkylation sites (N-methyl/N-ethyl adjacent to an activating group) is 1. The van der Waals surface area contributed by atoms with Gasteiger partial charge >= 0.3 is 0 Å². The number of sulfonamides is 1. The third-order valence-electron chi connectivity index (χ3n) is 6.73. The van der Waals surface area contributed by atoms with Crippen LogP contribution in [0.4, 0.5) is 14.5 Å². The molecule has 0 fully saturated rings. The van der Waals surface area contributed by atoms with Gasteiger partial charge < -0.3 is 9.64 Å². The van der Waals surface area contributed by atoms with Crippen molar-refractivity contribution in [2.45, 2.75) is 24.3 Å². The van der Waals surface area contributed by atoms with E-state index in [0.29, 0.717) is 29.3 Å². The van der Waals surface area contributed by atoms with Crippen molar-refractivity contribution >= 4 is 39.3 Å². The average Bonchev–Trinajstić information content (AvgIpc) is 3.00. The Morgan fingerprint density at radius 3 is 2.35 bits per heavy atom. The smallest absolute Gasteiger partial charge is 0.264 e. The minimum Gasteiger partial charge on any atom is -0.493 e. The zero-order chi connectivity index (χ0) is 31.0. The zero-order valence-electron chi connectivity index (χ0n) is 23.7. The van der Waals surface area contributed by atoms with E-state index < -0.39 is 33.4 Å². The van der Waals surface area contributed by atoms with Crippen LogP contribution in [-0.2, 0) is 14.8 Å². The lowest BCUT2D eigenvalue weighted by molar-refractivity contribution is -0.124. The summed E-state index contributed by atoms with van der Waals surface area (Å²) in [6.45, 7) is 2.22. The summed E-state index contributed by atoms with van der Waals surface area (Å²) in [5.74, 6) is -1.47. The fourth-order valence-electron chi connectivity index (χ4n) is 4.46. The lowest BCUT2D eigenvalue weighted by Gasteiger charge is -2.32. The first-order valence-corrected chi connectivity index (χ1v) is 15.3. The predicted octanol–water partition coefficient (Wildman–Crippen LogP) is 7.52. The highest BCUT2D eigenvalue weighted by molar-refractivity contribution is 7.92. The summed E-state index contributed by atoms with van der Waals surface area (Å²) >= 11 is 5.96. The number of ether oxygens (including phenoxy) is 1. The van der Waals surface area contributed by atoms with Crippen molar-refractivity contribution in [2.75, 3.05) is 24.5 Å². The molecule has 1 atom stereocenters. The van der Waals surface area contributed by atoms with Gasteiger partial charge in [0.25, 0.3) is 10.0 Å². The standard InChI is InChI=1S/C33H31ClF2N2O4S/c1-24(38(31-23-27(35)16-19-30(31)36)43(40,41)28-17-14-26(34)15-18-28)29-11-6-7-12-32(29)42-22-8-21-37(2)33(39)20-13-25-9-4-3-5-10-25/h3-7,9-20,23-24H,8,21-22H2,1-2H3. The van der Waals surface area contributed by atoms with Crippen molar-refractivity contribution in [3.05, 3.63) is 131 Å². The predicted molar refractivity (Wildman–Crippen MR) is 166 cm³/mol. The Morgan fingerprint density at radius 1 is 0.953 bits per heavy atom. The van der Waals surface area contributed by atoms with Gasteiger partial charge in [-0.2, -0.15) is 0 Å². The van der Waals surface area contributed by atoms with Gasteiger partial charge in [-0.05, 0) is 67.4 Å². The molecule has 0 spiro atoms. The van der Waals surface area contributed by atoms with Crippen molar-refractivity contribution in [1.82, 2.24) is 4.90 Å². The summed E-state index contributed by atoms with van der Waals surface area (Å²) in [6, 6.07) is 23.4. The van der Waals surface area contributed by atoms with E-state index in [1.807, 2.05) is 30.3 Å². The second-order valence-electron chi connectivity index (χ2n) is 9.77. The fourth-order valence-corrected chi connectivity index (χ4v) is 6.22. The van der Waals surface area contributed by atoms with E-state index in [9.17, 15) is 17.6 Å². The Morgan fingerprint density at radius 2 is 1.63 bits per heavy atom. The SMILES string of the molecule is CC(c1ccccc1OCCCN(C)C(=O)C=Cc1ccccc1)N(c1cc(F)ccc1F)S(=O)(=O)c1ccc(Cl)cc1. The van der Waals surface area contributed by atoms with Crippen LogP contribution < -0.4 is 9.04 Å². The molecule has 1 amide bonds. The number of rotatable bonds is 12. The maximum absolute atomic E-state index is 15.1. The van der Waals surface area contributed by atoms with Crippen molar-refractivity contribution in [1.29, 1.82) is 0 Å². The van der Waals surface area contributed by atoms with E-state index >= 15 is 4.39 Å². The Labute approximate surface area is 255 Å². The summed E-state index contributed by atoms with van der Waals surface area (Å²) in [5.41, 5.74) is 0.920. The molecule has 43 heavy (non-hydrogen) atoms. The zero-order valence-corrected chi connectivity index (χ0v) is 25.2. The molecular weight excluding hydrogens is 594 g/mol. The average molecular weight is 625 g/mol. The largest absolute Gasteiger partial charge is 0.493 e. The van der Waals surface area contributed by atoms with Gasteiger partial charge in [-0.3, -0.25) is 9.10 Å². The third kappa shape index (κ3) is 8.00. The maximum atomic E-state index is 15.1. The number of amides is 1. The summed E-state index contributed by atoms with van der Waals surface area (Å²) in [7, 11) is -2.69. The number of carbonyl (C=O) groups excluding carboxylic acids is 1. The van der Waals surface area contributed by atoms with E-state index in [1.54, 1.807) is 49.2 Å². The van der Waals surface area contributed by atoms with E-state index in [-0.39, 0.29) is 17.4 Å². The second kappa shape index (κ2) is 14.3. The number of halogens is 3. The van der Waals surface area contributed by atoms with Gasteiger partial charge in [0, 0.05) is 36.3 Å². The van der Waals surface area contributed by atoms with E-state index in [2.05, 4.69) is 0 Å². The molecule has 1 unspecified atom stereocenters.